The lowest BCUT2D eigenvalue weighted by Crippen LogP contribution is -2.12. The molecule has 0 saturated carbocycles. The fraction of sp³-hybridized carbons (Fsp3) is 0.0833. The fourth-order valence-corrected chi connectivity index (χ4v) is 2.71. The van der Waals surface area contributed by atoms with Crippen LogP contribution in [0.1, 0.15) is 31.8 Å². The molecule has 0 unspecified atom stereocenters. The van der Waals surface area contributed by atoms with Gasteiger partial charge in [0.2, 0.25) is 0 Å². The van der Waals surface area contributed by atoms with E-state index in [2.05, 4.69) is 0 Å². The minimum atomic E-state index is -0.562. The molecule has 146 valence electrons. The van der Waals surface area contributed by atoms with Crippen molar-refractivity contribution in [2.24, 2.45) is 0 Å². The second-order valence-corrected chi connectivity index (χ2v) is 6.32. The Balaban J connectivity index is 1.88. The summed E-state index contributed by atoms with van der Waals surface area (Å²) in [5.41, 5.74) is 2.07. The van der Waals surface area contributed by atoms with Crippen LogP contribution in [0.4, 0.5) is 4.39 Å². The highest BCUT2D eigenvalue weighted by Gasteiger charge is 2.17. The molecule has 0 radical (unpaired) electrons. The average molecular weight is 390 g/mol. The first-order valence-electron chi connectivity index (χ1n) is 8.92. The summed E-state index contributed by atoms with van der Waals surface area (Å²) in [6.07, 6.45) is 2.92. The Morgan fingerprint density at radius 2 is 1.66 bits per heavy atom. The molecule has 0 bridgehead atoms. The maximum Gasteiger partial charge on any atom is 0.343 e. The molecule has 3 aromatic rings. The minimum absolute atomic E-state index is 0.103. The molecule has 5 heteroatoms. The average Bonchev–Trinajstić information content (AvgIpc) is 2.73. The van der Waals surface area contributed by atoms with Crippen LogP contribution in [0, 0.1) is 12.7 Å². The van der Waals surface area contributed by atoms with Gasteiger partial charge in [-0.2, -0.15) is 0 Å². The molecular weight excluding hydrogens is 371 g/mol. The molecule has 0 aliphatic heterocycles. The number of esters is 1. The van der Waals surface area contributed by atoms with E-state index in [4.69, 9.17) is 9.47 Å². The van der Waals surface area contributed by atoms with Crippen molar-refractivity contribution in [2.75, 3.05) is 7.11 Å². The van der Waals surface area contributed by atoms with Gasteiger partial charge in [0.15, 0.2) is 5.78 Å². The highest BCUT2D eigenvalue weighted by atomic mass is 19.1. The van der Waals surface area contributed by atoms with Crippen molar-refractivity contribution in [2.45, 2.75) is 6.92 Å². The van der Waals surface area contributed by atoms with Crippen molar-refractivity contribution in [3.63, 3.8) is 0 Å². The van der Waals surface area contributed by atoms with Gasteiger partial charge in [-0.1, -0.05) is 36.4 Å². The number of aryl methyl sites for hydroxylation is 1. The molecule has 0 heterocycles. The first-order valence-corrected chi connectivity index (χ1v) is 8.92. The summed E-state index contributed by atoms with van der Waals surface area (Å²) < 4.78 is 23.7. The number of hydrogen-bond donors (Lipinski definition) is 0. The van der Waals surface area contributed by atoms with Gasteiger partial charge < -0.3 is 9.47 Å². The Morgan fingerprint density at radius 1 is 0.931 bits per heavy atom. The smallest absolute Gasteiger partial charge is 0.343 e. The quantitative estimate of drug-likeness (QED) is 0.249. The molecule has 0 aliphatic rings. The summed E-state index contributed by atoms with van der Waals surface area (Å²) in [5, 5.41) is 0. The maximum atomic E-state index is 13.0. The lowest BCUT2D eigenvalue weighted by Gasteiger charge is -2.11. The second-order valence-electron chi connectivity index (χ2n) is 6.32. The highest BCUT2D eigenvalue weighted by Crippen LogP contribution is 2.27. The summed E-state index contributed by atoms with van der Waals surface area (Å²) in [6.45, 7) is 1.81. The lowest BCUT2D eigenvalue weighted by atomic mass is 10.1. The molecule has 29 heavy (non-hydrogen) atoms. The van der Waals surface area contributed by atoms with E-state index in [9.17, 15) is 14.0 Å². The molecule has 0 spiro atoms. The van der Waals surface area contributed by atoms with E-state index >= 15 is 0 Å². The van der Waals surface area contributed by atoms with E-state index in [0.29, 0.717) is 16.9 Å². The maximum absolute atomic E-state index is 13.0. The molecule has 0 aliphatic carbocycles. The van der Waals surface area contributed by atoms with Gasteiger partial charge >= 0.3 is 5.97 Å². The van der Waals surface area contributed by atoms with Crippen molar-refractivity contribution in [1.29, 1.82) is 0 Å². The number of carbonyl (C=O) groups is 2. The Kier molecular flexibility index (Phi) is 6.19. The van der Waals surface area contributed by atoms with Crippen LogP contribution in [0.25, 0.3) is 6.08 Å². The zero-order chi connectivity index (χ0) is 20.8. The zero-order valence-electron chi connectivity index (χ0n) is 16.0. The van der Waals surface area contributed by atoms with E-state index in [1.54, 1.807) is 49.4 Å². The van der Waals surface area contributed by atoms with Crippen molar-refractivity contribution in [3.05, 3.63) is 101 Å². The lowest BCUT2D eigenvalue weighted by molar-refractivity contribution is 0.0732. The summed E-state index contributed by atoms with van der Waals surface area (Å²) in [7, 11) is 1.48. The predicted molar refractivity (Wildman–Crippen MR) is 109 cm³/mol. The molecule has 4 nitrogen and oxygen atoms in total. The highest BCUT2D eigenvalue weighted by molar-refractivity contribution is 6.09. The number of halogens is 1. The number of methoxy groups -OCH3 is 1. The number of benzene rings is 3. The number of ketones is 1. The van der Waals surface area contributed by atoms with E-state index < -0.39 is 5.97 Å². The largest absolute Gasteiger partial charge is 0.497 e. The standard InChI is InChI=1S/C24H19FO4/c1-16-5-3-4-6-20(16)24(27)29-23-15-19(28-2)12-13-21(23)22(26)14-9-17-7-10-18(25)11-8-17/h3-15H,1-2H3. The topological polar surface area (TPSA) is 52.6 Å². The van der Waals surface area contributed by atoms with E-state index in [1.807, 2.05) is 6.07 Å². The Labute approximate surface area is 168 Å². The first-order chi connectivity index (χ1) is 14.0. The number of allylic oxidation sites excluding steroid dienone is 1. The zero-order valence-corrected chi connectivity index (χ0v) is 16.0. The number of carbonyl (C=O) groups excluding carboxylic acids is 2. The van der Waals surface area contributed by atoms with E-state index in [0.717, 1.165) is 5.56 Å². The van der Waals surface area contributed by atoms with Crippen LogP contribution in [0.5, 0.6) is 11.5 Å². The molecule has 0 aromatic heterocycles. The fourth-order valence-electron chi connectivity index (χ4n) is 2.71. The number of hydrogen-bond acceptors (Lipinski definition) is 4. The van der Waals surface area contributed by atoms with Gasteiger partial charge in [0.05, 0.1) is 18.2 Å². The number of rotatable bonds is 6. The van der Waals surface area contributed by atoms with Gasteiger partial charge in [-0.15, -0.1) is 0 Å². The third-order valence-electron chi connectivity index (χ3n) is 4.32. The van der Waals surface area contributed by atoms with Gasteiger partial charge in [-0.3, -0.25) is 4.79 Å². The van der Waals surface area contributed by atoms with Crippen molar-refractivity contribution in [1.82, 2.24) is 0 Å². The van der Waals surface area contributed by atoms with Crippen LogP contribution in [0.3, 0.4) is 0 Å². The molecule has 0 saturated heterocycles. The normalized spacial score (nSPS) is 10.7. The van der Waals surface area contributed by atoms with Crippen molar-refractivity contribution in [3.8, 4) is 11.5 Å². The summed E-state index contributed by atoms with van der Waals surface area (Å²) in [5.74, 6) is -0.713. The van der Waals surface area contributed by atoms with Crippen LogP contribution in [0.15, 0.2) is 72.8 Å². The van der Waals surface area contributed by atoms with Crippen LogP contribution in [0.2, 0.25) is 0 Å². The third-order valence-corrected chi connectivity index (χ3v) is 4.32. The molecule has 0 N–H and O–H groups in total. The third kappa shape index (κ3) is 4.96. The predicted octanol–water partition coefficient (Wildman–Crippen LogP) is 5.26. The number of ether oxygens (including phenoxy) is 2. The Bertz CT molecular complexity index is 1070. The second kappa shape index (κ2) is 8.97. The minimum Gasteiger partial charge on any atom is -0.497 e. The van der Waals surface area contributed by atoms with Gasteiger partial charge in [0, 0.05) is 6.07 Å². The van der Waals surface area contributed by atoms with Crippen molar-refractivity contribution < 1.29 is 23.5 Å². The van der Waals surface area contributed by atoms with E-state index in [1.165, 1.54) is 37.5 Å². The first kappa shape index (κ1) is 20.0. The molecular formula is C24H19FO4. The van der Waals surface area contributed by atoms with Crippen molar-refractivity contribution >= 4 is 17.8 Å². The van der Waals surface area contributed by atoms with Gasteiger partial charge in [0.1, 0.15) is 17.3 Å². The molecule has 3 aromatic carbocycles. The van der Waals surface area contributed by atoms with Gasteiger partial charge in [-0.25, -0.2) is 9.18 Å². The molecule has 0 amide bonds. The Hall–Kier alpha value is -3.73. The summed E-state index contributed by atoms with van der Waals surface area (Å²) in [4.78, 5) is 25.3. The monoisotopic (exact) mass is 390 g/mol. The molecule has 0 fully saturated rings. The SMILES string of the molecule is COc1ccc(C(=O)C=Cc2ccc(F)cc2)c(OC(=O)c2ccccc2C)c1. The summed E-state index contributed by atoms with van der Waals surface area (Å²) >= 11 is 0. The Morgan fingerprint density at radius 3 is 2.34 bits per heavy atom. The van der Waals surface area contributed by atoms with Crippen LogP contribution in [-0.4, -0.2) is 18.9 Å². The summed E-state index contributed by atoms with van der Waals surface area (Å²) in [6, 6.07) is 17.4. The van der Waals surface area contributed by atoms with E-state index in [-0.39, 0.29) is 22.9 Å². The molecule has 3 rings (SSSR count). The van der Waals surface area contributed by atoms with Crippen LogP contribution < -0.4 is 9.47 Å². The molecule has 0 atom stereocenters. The van der Waals surface area contributed by atoms with Gasteiger partial charge in [-0.05, 0) is 54.5 Å². The van der Waals surface area contributed by atoms with Crippen LogP contribution in [-0.2, 0) is 0 Å². The van der Waals surface area contributed by atoms with Crippen LogP contribution >= 0.6 is 0 Å². The van der Waals surface area contributed by atoms with Gasteiger partial charge in [0.25, 0.3) is 0 Å².